The van der Waals surface area contributed by atoms with Crippen molar-refractivity contribution in [2.24, 2.45) is 0 Å². The summed E-state index contributed by atoms with van der Waals surface area (Å²) >= 11 is 0. The fraction of sp³-hybridized carbons (Fsp3) is 0.400. The highest BCUT2D eigenvalue weighted by Gasteiger charge is 1.99. The van der Waals surface area contributed by atoms with Gasteiger partial charge < -0.3 is 21.0 Å². The SMILES string of the molecule is CC(=N)c1cccc(C)n1.CC(=N)c1cccc(CCCO)n1.CCO. The van der Waals surface area contributed by atoms with E-state index in [0.717, 1.165) is 35.6 Å². The summed E-state index contributed by atoms with van der Waals surface area (Å²) in [6.07, 6.45) is 1.51. The molecule has 6 nitrogen and oxygen atoms in total. The molecular formula is C20H30N4O2. The Morgan fingerprint density at radius 1 is 0.923 bits per heavy atom. The zero-order chi connectivity index (χ0) is 19.9. The van der Waals surface area contributed by atoms with Crippen molar-refractivity contribution in [3.63, 3.8) is 0 Å². The van der Waals surface area contributed by atoms with E-state index in [0.29, 0.717) is 11.4 Å². The summed E-state index contributed by atoms with van der Waals surface area (Å²) < 4.78 is 0. The highest BCUT2D eigenvalue weighted by molar-refractivity contribution is 5.94. The molecule has 2 rings (SSSR count). The largest absolute Gasteiger partial charge is 0.397 e. The van der Waals surface area contributed by atoms with Gasteiger partial charge in [-0.15, -0.1) is 0 Å². The maximum Gasteiger partial charge on any atom is 0.0837 e. The van der Waals surface area contributed by atoms with Crippen LogP contribution in [0.2, 0.25) is 0 Å². The molecular weight excluding hydrogens is 328 g/mol. The van der Waals surface area contributed by atoms with Gasteiger partial charge >= 0.3 is 0 Å². The van der Waals surface area contributed by atoms with E-state index in [2.05, 4.69) is 9.97 Å². The number of pyridine rings is 2. The Hall–Kier alpha value is -2.44. The predicted molar refractivity (Wildman–Crippen MR) is 106 cm³/mol. The summed E-state index contributed by atoms with van der Waals surface area (Å²) in [7, 11) is 0. The number of aliphatic hydroxyl groups is 2. The minimum Gasteiger partial charge on any atom is -0.397 e. The van der Waals surface area contributed by atoms with Gasteiger partial charge in [-0.3, -0.25) is 9.97 Å². The molecule has 0 saturated carbocycles. The van der Waals surface area contributed by atoms with Gasteiger partial charge in [0.25, 0.3) is 0 Å². The van der Waals surface area contributed by atoms with Gasteiger partial charge in [0.05, 0.1) is 22.8 Å². The van der Waals surface area contributed by atoms with E-state index in [1.165, 1.54) is 0 Å². The second-order valence-electron chi connectivity index (χ2n) is 5.57. The molecule has 2 aromatic rings. The molecule has 6 heteroatoms. The fourth-order valence-electron chi connectivity index (χ4n) is 1.84. The Balaban J connectivity index is 0.000000428. The number of hydrogen-bond donors (Lipinski definition) is 4. The molecule has 0 unspecified atom stereocenters. The van der Waals surface area contributed by atoms with Crippen LogP contribution in [0, 0.1) is 17.7 Å². The van der Waals surface area contributed by atoms with Crippen molar-refractivity contribution in [1.82, 2.24) is 9.97 Å². The number of rotatable bonds is 5. The molecule has 4 N–H and O–H groups in total. The van der Waals surface area contributed by atoms with Crippen LogP contribution in [0.3, 0.4) is 0 Å². The van der Waals surface area contributed by atoms with Crippen LogP contribution in [0.4, 0.5) is 0 Å². The Morgan fingerprint density at radius 2 is 1.42 bits per heavy atom. The topological polar surface area (TPSA) is 114 Å². The predicted octanol–water partition coefficient (Wildman–Crippen LogP) is 3.17. The van der Waals surface area contributed by atoms with Crippen LogP contribution in [0.25, 0.3) is 0 Å². The first-order valence-electron chi connectivity index (χ1n) is 8.58. The average molecular weight is 358 g/mol. The monoisotopic (exact) mass is 358 g/mol. The summed E-state index contributed by atoms with van der Waals surface area (Å²) in [6, 6.07) is 11.3. The van der Waals surface area contributed by atoms with Crippen LogP contribution in [-0.2, 0) is 6.42 Å². The standard InChI is InChI=1S/C10H14N2O.C8H10N2.C2H6O/c1-8(11)10-6-2-4-9(12-10)5-3-7-13;1-6-4-3-5-8(10-6)7(2)9;1-2-3/h2,4,6,11,13H,3,5,7H2,1H3;3-5,9H,1-2H3;3H,2H2,1H3. The number of aliphatic hydroxyl groups excluding tert-OH is 2. The van der Waals surface area contributed by atoms with Crippen LogP contribution in [-0.4, -0.2) is 44.8 Å². The number of nitrogens with one attached hydrogen (secondary N) is 2. The first-order valence-corrected chi connectivity index (χ1v) is 8.58. The van der Waals surface area contributed by atoms with Crippen LogP contribution >= 0.6 is 0 Å². The molecule has 0 saturated heterocycles. The van der Waals surface area contributed by atoms with Gasteiger partial charge in [0.1, 0.15) is 0 Å². The van der Waals surface area contributed by atoms with E-state index in [-0.39, 0.29) is 13.2 Å². The van der Waals surface area contributed by atoms with Crippen molar-refractivity contribution in [1.29, 1.82) is 10.8 Å². The molecule has 0 amide bonds. The van der Waals surface area contributed by atoms with Gasteiger partial charge in [0.15, 0.2) is 0 Å². The Kier molecular flexibility index (Phi) is 12.5. The van der Waals surface area contributed by atoms with Crippen molar-refractivity contribution < 1.29 is 10.2 Å². The van der Waals surface area contributed by atoms with Gasteiger partial charge in [0.2, 0.25) is 0 Å². The minimum atomic E-state index is 0.190. The normalized spacial score (nSPS) is 9.31. The molecule has 2 aromatic heterocycles. The highest BCUT2D eigenvalue weighted by atomic mass is 16.3. The van der Waals surface area contributed by atoms with Crippen LogP contribution in [0.5, 0.6) is 0 Å². The molecule has 2 heterocycles. The highest BCUT2D eigenvalue weighted by Crippen LogP contribution is 2.02. The van der Waals surface area contributed by atoms with E-state index in [1.807, 2.05) is 43.3 Å². The molecule has 0 aromatic carbocycles. The lowest BCUT2D eigenvalue weighted by Crippen LogP contribution is -2.00. The molecule has 0 aliphatic heterocycles. The maximum absolute atomic E-state index is 8.64. The number of hydrogen-bond acceptors (Lipinski definition) is 6. The van der Waals surface area contributed by atoms with Gasteiger partial charge in [0, 0.05) is 24.6 Å². The molecule has 26 heavy (non-hydrogen) atoms. The van der Waals surface area contributed by atoms with Crippen LogP contribution < -0.4 is 0 Å². The zero-order valence-electron chi connectivity index (χ0n) is 16.1. The molecule has 0 spiro atoms. The van der Waals surface area contributed by atoms with E-state index in [4.69, 9.17) is 21.0 Å². The Morgan fingerprint density at radius 3 is 1.85 bits per heavy atom. The van der Waals surface area contributed by atoms with Crippen molar-refractivity contribution in [3.05, 3.63) is 59.2 Å². The van der Waals surface area contributed by atoms with Crippen molar-refractivity contribution in [3.8, 4) is 0 Å². The second-order valence-corrected chi connectivity index (χ2v) is 5.57. The van der Waals surface area contributed by atoms with Gasteiger partial charge in [-0.2, -0.15) is 0 Å². The average Bonchev–Trinajstić information content (AvgIpc) is 2.61. The molecule has 0 aliphatic rings. The van der Waals surface area contributed by atoms with Crippen molar-refractivity contribution >= 4 is 11.4 Å². The summed E-state index contributed by atoms with van der Waals surface area (Å²) in [4.78, 5) is 8.42. The lowest BCUT2D eigenvalue weighted by Gasteiger charge is -2.01. The quantitative estimate of drug-likeness (QED) is 0.615. The van der Waals surface area contributed by atoms with E-state index >= 15 is 0 Å². The lowest BCUT2D eigenvalue weighted by molar-refractivity contribution is 0.288. The fourth-order valence-corrected chi connectivity index (χ4v) is 1.84. The lowest BCUT2D eigenvalue weighted by atomic mass is 10.2. The van der Waals surface area contributed by atoms with Gasteiger partial charge in [-0.05, 0) is 64.8 Å². The zero-order valence-corrected chi connectivity index (χ0v) is 16.1. The third-order valence-corrected chi connectivity index (χ3v) is 3.05. The van der Waals surface area contributed by atoms with Crippen molar-refractivity contribution in [2.45, 2.75) is 40.5 Å². The number of nitrogens with zero attached hydrogens (tertiary/aromatic N) is 2. The smallest absolute Gasteiger partial charge is 0.0837 e. The number of aryl methyl sites for hydroxylation is 2. The molecule has 0 aliphatic carbocycles. The Bertz CT molecular complexity index is 687. The first kappa shape index (κ1) is 23.6. The Labute approximate surface area is 156 Å². The van der Waals surface area contributed by atoms with E-state index < -0.39 is 0 Å². The summed E-state index contributed by atoms with van der Waals surface area (Å²) in [6.45, 7) is 7.50. The minimum absolute atomic E-state index is 0.190. The van der Waals surface area contributed by atoms with Gasteiger partial charge in [-0.25, -0.2) is 0 Å². The van der Waals surface area contributed by atoms with E-state index in [1.54, 1.807) is 20.8 Å². The third-order valence-electron chi connectivity index (χ3n) is 3.05. The summed E-state index contributed by atoms with van der Waals surface area (Å²) in [5, 5.41) is 30.9. The first-order chi connectivity index (χ1) is 12.3. The maximum atomic E-state index is 8.64. The van der Waals surface area contributed by atoms with Crippen molar-refractivity contribution in [2.75, 3.05) is 13.2 Å². The molecule has 0 bridgehead atoms. The summed E-state index contributed by atoms with van der Waals surface area (Å²) in [5.41, 5.74) is 4.38. The van der Waals surface area contributed by atoms with Crippen LogP contribution in [0.1, 0.15) is 50.0 Å². The third kappa shape index (κ3) is 10.4. The molecule has 0 atom stereocenters. The molecule has 0 radical (unpaired) electrons. The van der Waals surface area contributed by atoms with Gasteiger partial charge in [-0.1, -0.05) is 12.1 Å². The van der Waals surface area contributed by atoms with E-state index in [9.17, 15) is 0 Å². The molecule has 142 valence electrons. The van der Waals surface area contributed by atoms with Crippen LogP contribution in [0.15, 0.2) is 36.4 Å². The second kappa shape index (κ2) is 13.8. The number of aromatic nitrogens is 2. The molecule has 0 fully saturated rings. The summed E-state index contributed by atoms with van der Waals surface area (Å²) in [5.74, 6) is 0.